The number of nitrogens with zero attached hydrogens (tertiary/aromatic N) is 4. The van der Waals surface area contributed by atoms with Gasteiger partial charge in [0.25, 0.3) is 0 Å². The summed E-state index contributed by atoms with van der Waals surface area (Å²) in [5.41, 5.74) is 17.8. The van der Waals surface area contributed by atoms with Gasteiger partial charge in [0.1, 0.15) is 17.0 Å². The van der Waals surface area contributed by atoms with Crippen LogP contribution in [-0.2, 0) is 6.54 Å². The van der Waals surface area contributed by atoms with E-state index < -0.39 is 0 Å². The summed E-state index contributed by atoms with van der Waals surface area (Å²) >= 11 is 0. The lowest BCUT2D eigenvalue weighted by molar-refractivity contribution is 0.669. The van der Waals surface area contributed by atoms with Crippen molar-refractivity contribution in [2.75, 3.05) is 0 Å². The molecule has 0 atom stereocenters. The molecule has 0 fully saturated rings. The number of amidine groups is 2. The van der Waals surface area contributed by atoms with Crippen LogP contribution in [0.4, 0.5) is 0 Å². The molecule has 0 aliphatic rings. The zero-order valence-corrected chi connectivity index (χ0v) is 30.9. The van der Waals surface area contributed by atoms with Crippen molar-refractivity contribution >= 4 is 77.2 Å². The van der Waals surface area contributed by atoms with Gasteiger partial charge in [-0.05, 0) is 48.0 Å². The SMILES string of the molecule is NC(=NC(=NCc1ccc(-n2c3cc4oc5ccccc5c4cc3c3ccc4c5ccccc5n(-c5ccccc5)c4c32)cc1)c1ccccc1)c1ccccc1. The van der Waals surface area contributed by atoms with E-state index in [0.717, 1.165) is 66.6 Å². The van der Waals surface area contributed by atoms with Crippen LogP contribution in [-0.4, -0.2) is 20.8 Å². The van der Waals surface area contributed by atoms with Crippen molar-refractivity contribution in [3.8, 4) is 11.4 Å². The number of para-hydroxylation sites is 3. The molecule has 0 unspecified atom stereocenters. The number of aliphatic imine (C=N–C) groups is 2. The summed E-state index contributed by atoms with van der Waals surface area (Å²) in [6, 6.07) is 65.3. The topological polar surface area (TPSA) is 73.7 Å². The lowest BCUT2D eigenvalue weighted by Gasteiger charge is -2.13. The molecule has 0 aliphatic heterocycles. The van der Waals surface area contributed by atoms with Gasteiger partial charge in [-0.25, -0.2) is 4.99 Å². The number of fused-ring (bicyclic) bond motifs is 10. The highest BCUT2D eigenvalue weighted by Crippen LogP contribution is 2.43. The van der Waals surface area contributed by atoms with Gasteiger partial charge in [-0.15, -0.1) is 0 Å². The molecule has 0 radical (unpaired) electrons. The van der Waals surface area contributed by atoms with Crippen molar-refractivity contribution in [1.82, 2.24) is 9.13 Å². The molecule has 11 rings (SSSR count). The Bertz CT molecular complexity index is 3350. The first-order valence-corrected chi connectivity index (χ1v) is 19.2. The minimum Gasteiger partial charge on any atom is -0.456 e. The Morgan fingerprint density at radius 2 is 1.04 bits per heavy atom. The summed E-state index contributed by atoms with van der Waals surface area (Å²) in [6.45, 7) is 0.440. The van der Waals surface area contributed by atoms with Gasteiger partial charge in [-0.2, -0.15) is 0 Å². The van der Waals surface area contributed by atoms with Gasteiger partial charge in [0.15, 0.2) is 5.84 Å². The summed E-state index contributed by atoms with van der Waals surface area (Å²) in [5, 5.41) is 7.00. The van der Waals surface area contributed by atoms with Crippen molar-refractivity contribution in [2.45, 2.75) is 6.54 Å². The minimum absolute atomic E-state index is 0.428. The molecule has 0 saturated carbocycles. The quantitative estimate of drug-likeness (QED) is 0.136. The fraction of sp³-hybridized carbons (Fsp3) is 0.0196. The third-order valence-corrected chi connectivity index (χ3v) is 11.0. The molecule has 0 aliphatic carbocycles. The molecular formula is C51H35N5O. The van der Waals surface area contributed by atoms with E-state index in [4.69, 9.17) is 20.1 Å². The maximum atomic E-state index is 6.49. The van der Waals surface area contributed by atoms with Crippen LogP contribution in [0.5, 0.6) is 0 Å². The molecule has 0 amide bonds. The zero-order chi connectivity index (χ0) is 37.9. The Balaban J connectivity index is 1.12. The van der Waals surface area contributed by atoms with E-state index in [2.05, 4.69) is 124 Å². The molecule has 0 saturated heterocycles. The lowest BCUT2D eigenvalue weighted by atomic mass is 10.1. The lowest BCUT2D eigenvalue weighted by Crippen LogP contribution is -2.16. The second kappa shape index (κ2) is 13.3. The predicted molar refractivity (Wildman–Crippen MR) is 236 cm³/mol. The molecule has 2 N–H and O–H groups in total. The van der Waals surface area contributed by atoms with Crippen LogP contribution in [0.25, 0.3) is 76.9 Å². The molecule has 6 heteroatoms. The van der Waals surface area contributed by atoms with Crippen LogP contribution in [0.3, 0.4) is 0 Å². The van der Waals surface area contributed by atoms with Gasteiger partial charge >= 0.3 is 0 Å². The number of furan rings is 1. The highest BCUT2D eigenvalue weighted by Gasteiger charge is 2.22. The number of hydrogen-bond donors (Lipinski definition) is 1. The zero-order valence-electron chi connectivity index (χ0n) is 30.9. The average Bonchev–Trinajstić information content (AvgIpc) is 3.92. The van der Waals surface area contributed by atoms with Gasteiger partial charge < -0.3 is 19.3 Å². The smallest absolute Gasteiger partial charge is 0.157 e. The van der Waals surface area contributed by atoms with Crippen LogP contribution in [0.15, 0.2) is 202 Å². The van der Waals surface area contributed by atoms with E-state index in [-0.39, 0.29) is 0 Å². The number of aromatic nitrogens is 2. The molecule has 6 nitrogen and oxygen atoms in total. The second-order valence-electron chi connectivity index (χ2n) is 14.4. The molecule has 3 heterocycles. The van der Waals surface area contributed by atoms with Crippen molar-refractivity contribution in [2.24, 2.45) is 15.7 Å². The van der Waals surface area contributed by atoms with Crippen LogP contribution in [0, 0.1) is 0 Å². The minimum atomic E-state index is 0.428. The fourth-order valence-corrected chi connectivity index (χ4v) is 8.36. The van der Waals surface area contributed by atoms with Crippen LogP contribution in [0.2, 0.25) is 0 Å². The van der Waals surface area contributed by atoms with Crippen molar-refractivity contribution in [3.63, 3.8) is 0 Å². The number of benzene rings is 8. The van der Waals surface area contributed by atoms with Crippen molar-refractivity contribution in [1.29, 1.82) is 0 Å². The first kappa shape index (κ1) is 32.7. The average molecular weight is 734 g/mol. The molecule has 0 bridgehead atoms. The van der Waals surface area contributed by atoms with Crippen LogP contribution in [0.1, 0.15) is 16.7 Å². The highest BCUT2D eigenvalue weighted by atomic mass is 16.3. The Morgan fingerprint density at radius 1 is 0.456 bits per heavy atom. The van der Waals surface area contributed by atoms with Gasteiger partial charge in [0.2, 0.25) is 0 Å². The summed E-state index contributed by atoms with van der Waals surface area (Å²) < 4.78 is 11.3. The number of rotatable bonds is 6. The second-order valence-corrected chi connectivity index (χ2v) is 14.4. The standard InChI is InChI=1S/C51H35N5O/c52-50(34-14-4-1-5-15-34)54-51(35-16-6-2-7-17-35)53-32-33-24-26-37(27-25-33)56-45-31-47-43(39-21-11-13-23-46(39)57-47)30-42(45)41-29-28-40-38-20-10-12-22-44(38)55(48(40)49(41)56)36-18-8-3-9-19-36/h1-31H,32H2,(H2,52,53,54). The largest absolute Gasteiger partial charge is 0.456 e. The van der Waals surface area contributed by atoms with Crippen LogP contribution >= 0.6 is 0 Å². The summed E-state index contributed by atoms with van der Waals surface area (Å²) in [5.74, 6) is 1.02. The van der Waals surface area contributed by atoms with Gasteiger partial charge in [-0.3, -0.25) is 4.99 Å². The van der Waals surface area contributed by atoms with E-state index >= 15 is 0 Å². The van der Waals surface area contributed by atoms with Crippen LogP contribution < -0.4 is 5.73 Å². The first-order valence-electron chi connectivity index (χ1n) is 19.2. The number of hydrogen-bond acceptors (Lipinski definition) is 2. The first-order chi connectivity index (χ1) is 28.2. The molecule has 0 spiro atoms. The Kier molecular flexibility index (Phi) is 7.60. The predicted octanol–water partition coefficient (Wildman–Crippen LogP) is 12.1. The summed E-state index contributed by atoms with van der Waals surface area (Å²) in [4.78, 5) is 9.82. The monoisotopic (exact) mass is 733 g/mol. The maximum absolute atomic E-state index is 6.49. The fourth-order valence-electron chi connectivity index (χ4n) is 8.36. The van der Waals surface area contributed by atoms with E-state index in [1.807, 2.05) is 72.8 Å². The Hall–Kier alpha value is -7.70. The number of nitrogens with two attached hydrogens (primary N) is 1. The molecule has 270 valence electrons. The normalized spacial score (nSPS) is 12.6. The Labute approximate surface area is 328 Å². The van der Waals surface area contributed by atoms with Gasteiger partial charge in [-0.1, -0.05) is 140 Å². The van der Waals surface area contributed by atoms with E-state index in [1.54, 1.807) is 0 Å². The third-order valence-electron chi connectivity index (χ3n) is 11.0. The molecular weight excluding hydrogens is 699 g/mol. The maximum Gasteiger partial charge on any atom is 0.157 e. The summed E-state index contributed by atoms with van der Waals surface area (Å²) in [6.07, 6.45) is 0. The van der Waals surface area contributed by atoms with E-state index in [0.29, 0.717) is 18.2 Å². The van der Waals surface area contributed by atoms with E-state index in [9.17, 15) is 0 Å². The molecule has 8 aromatic carbocycles. The molecule has 3 aromatic heterocycles. The third kappa shape index (κ3) is 5.41. The van der Waals surface area contributed by atoms with Gasteiger partial charge in [0.05, 0.1) is 28.6 Å². The van der Waals surface area contributed by atoms with Gasteiger partial charge in [0, 0.05) is 60.9 Å². The molecule has 11 aromatic rings. The van der Waals surface area contributed by atoms with E-state index in [1.165, 1.54) is 27.1 Å². The van der Waals surface area contributed by atoms with Crippen molar-refractivity contribution in [3.05, 3.63) is 205 Å². The molecule has 57 heavy (non-hydrogen) atoms. The summed E-state index contributed by atoms with van der Waals surface area (Å²) in [7, 11) is 0. The Morgan fingerprint density at radius 3 is 1.77 bits per heavy atom. The highest BCUT2D eigenvalue weighted by molar-refractivity contribution is 6.25. The van der Waals surface area contributed by atoms with Crippen molar-refractivity contribution < 1.29 is 4.42 Å².